The molecule has 1 aromatic carbocycles. The summed E-state index contributed by atoms with van der Waals surface area (Å²) in [4.78, 5) is 100. The van der Waals surface area contributed by atoms with Crippen LogP contribution in [-0.4, -0.2) is 280 Å². The first-order chi connectivity index (χ1) is 57.8. The molecule has 120 heavy (non-hydrogen) atoms. The largest absolute Gasteiger partial charge is 0.459 e. The van der Waals surface area contributed by atoms with E-state index in [4.69, 9.17) is 78.8 Å². The van der Waals surface area contributed by atoms with Crippen molar-refractivity contribution in [1.29, 1.82) is 0 Å². The van der Waals surface area contributed by atoms with Crippen molar-refractivity contribution in [2.75, 3.05) is 131 Å². The number of benzene rings is 1. The fraction of sp³-hybridized carbons (Fsp3) is 0.674. The Morgan fingerprint density at radius 3 is 2.17 bits per heavy atom. The third-order valence-electron chi connectivity index (χ3n) is 23.5. The van der Waals surface area contributed by atoms with Gasteiger partial charge in [0.15, 0.2) is 17.0 Å². The lowest BCUT2D eigenvalue weighted by Crippen LogP contribution is -2.61. The smallest absolute Gasteiger partial charge is 0.329 e. The number of cyclic esters (lactones) is 1. The van der Waals surface area contributed by atoms with Crippen LogP contribution in [0.15, 0.2) is 82.7 Å². The first kappa shape index (κ1) is 94.1. The number of carbonyl (C=O) groups excluding carboxylic acids is 6. The molecule has 1 saturated carbocycles. The van der Waals surface area contributed by atoms with Gasteiger partial charge >= 0.3 is 5.97 Å². The van der Waals surface area contributed by atoms with E-state index in [2.05, 4.69) is 25.3 Å². The van der Waals surface area contributed by atoms with Crippen LogP contribution in [0.3, 0.4) is 0 Å². The van der Waals surface area contributed by atoms with Crippen molar-refractivity contribution >= 4 is 69.1 Å². The van der Waals surface area contributed by atoms with Crippen LogP contribution in [0.2, 0.25) is 0 Å². The maximum atomic E-state index is 14.7. The van der Waals surface area contributed by atoms with Crippen LogP contribution in [0.4, 0.5) is 11.8 Å². The molecule has 0 radical (unpaired) electrons. The third kappa shape index (κ3) is 26.7. The van der Waals surface area contributed by atoms with Crippen LogP contribution in [0.1, 0.15) is 144 Å². The van der Waals surface area contributed by atoms with E-state index in [-0.39, 0.29) is 79.7 Å². The van der Waals surface area contributed by atoms with Gasteiger partial charge in [-0.15, -0.1) is 5.10 Å². The number of aromatic nitrogens is 8. The maximum Gasteiger partial charge on any atom is 0.329 e. The molecule has 8 heterocycles. The molecule has 4 aliphatic heterocycles. The van der Waals surface area contributed by atoms with Gasteiger partial charge in [-0.1, -0.05) is 69.4 Å². The Labute approximate surface area is 701 Å². The number of aliphatic hydroxyl groups excluding tert-OH is 2. The van der Waals surface area contributed by atoms with Crippen LogP contribution in [0.5, 0.6) is 0 Å². The number of esters is 1. The van der Waals surface area contributed by atoms with Crippen molar-refractivity contribution in [1.82, 2.24) is 49.5 Å². The lowest BCUT2D eigenvalue weighted by molar-refractivity contribution is -0.265. The summed E-state index contributed by atoms with van der Waals surface area (Å²) in [5, 5.41) is 48.8. The molecular formula is C86H127N13O21. The monoisotopic (exact) mass is 1680 g/mol. The number of allylic oxidation sites excluding steroid dienone is 6. The summed E-state index contributed by atoms with van der Waals surface area (Å²) in [6.45, 7) is 17.9. The number of aryl methyl sites for hydroxylation is 1. The van der Waals surface area contributed by atoms with E-state index in [1.165, 1.54) is 19.3 Å². The van der Waals surface area contributed by atoms with E-state index in [1.807, 2.05) is 72.1 Å². The number of oxazole rings is 1. The SMILES string of the molecule is CO[C@H]1C[C@@H]2CC[C@@H](C)[C@@](O)(O2)C(=O)C(=O)N2CCCC[C@H]2C(=O)O[C@H]([C@H](N)C[C@@H]2CC[C@@H](OCCCCc3cn(CCOCCOCCOCCOCCOCCOCCC(=O)N4CC(Cn5nc(-c6ccc7oc(N)nc7c6)c6c(N)ncnc65)C4)nn3)[C@H](OC)C2)CC(=O)[C@H](C)/C=C(\C)[C@@H](O)[C@@H](O)C(=O)[C@H](C)C[C@H](C)/C=C/C=C/C=C/1C. The number of carbonyl (C=O) groups is 6. The number of likely N-dealkylation sites (tertiary alicyclic amines) is 1. The molecule has 34 heteroatoms. The van der Waals surface area contributed by atoms with E-state index in [9.17, 15) is 44.1 Å². The molecule has 0 unspecified atom stereocenters. The number of piperidine rings is 1. The standard InChI is InChI=1S/C86H127N13O21/c1-54-16-10-9-11-17-55(2)71(109-7)47-64-23-20-59(6)86(108,120-64)80(105)83(106)98-27-14-12-19-67(98)84(107)118-72(48-68(100)56(3)43-58(5)78(103)79(104)77(102)57(4)42-54)65(87)44-60-21-24-70(73(45-60)110-8)117-29-15-13-18-63-52-97(95-93-63)28-31-112-33-35-114-37-39-116-41-40-115-38-36-113-34-32-111-30-26-74(101)96-49-61(50-96)51-99-82-75(81(88)90-53-91-82)76(94-99)62-22-25-69-66(46-62)92-85(89)119-69/h9-11,16-17,22,25,43,46,52-54,56-57,59-61,64-65,67,70-73,78-79,103-104,108H,12-15,18-21,23-24,26-42,44-45,47-51,87H2,1-8H3,(H2,89,92)(H2,88,90,91)/b11-9+,16-10+,55-17+,58-43+/t54-,56-,57-,59-,60+,64+,65-,67+,70-,71+,72+,73-,78-,79+,86-/m1/s1. The molecule has 5 aromatic rings. The number of nitrogens with two attached hydrogens (primary N) is 3. The zero-order valence-electron chi connectivity index (χ0n) is 70.9. The molecule has 3 saturated heterocycles. The van der Waals surface area contributed by atoms with Crippen LogP contribution in [0.25, 0.3) is 33.4 Å². The minimum absolute atomic E-state index is 0.0258. The Kier molecular flexibility index (Phi) is 36.7. The number of ketones is 3. The third-order valence-corrected chi connectivity index (χ3v) is 23.5. The number of hydrogen-bond acceptors (Lipinski definition) is 30. The van der Waals surface area contributed by atoms with E-state index in [0.717, 1.165) is 34.6 Å². The normalized spacial score (nSPS) is 28.2. The number of unbranched alkanes of at least 4 members (excludes halogenated alkanes) is 1. The summed E-state index contributed by atoms with van der Waals surface area (Å²) in [7, 11) is 3.20. The van der Waals surface area contributed by atoms with Gasteiger partial charge < -0.3 is 98.8 Å². The molecule has 34 nitrogen and oxygen atoms in total. The maximum absolute atomic E-state index is 14.7. The highest BCUT2D eigenvalue weighted by molar-refractivity contribution is 6.39. The number of anilines is 2. The number of aliphatic hydroxyl groups is 3. The Morgan fingerprint density at radius 1 is 0.750 bits per heavy atom. The van der Waals surface area contributed by atoms with E-state index >= 15 is 0 Å². The molecule has 662 valence electrons. The molecule has 15 atom stereocenters. The predicted molar refractivity (Wildman–Crippen MR) is 443 cm³/mol. The molecule has 2 bridgehead atoms. The number of ether oxygens (including phenoxy) is 11. The first-order valence-corrected chi connectivity index (χ1v) is 42.6. The van der Waals surface area contributed by atoms with Crippen LogP contribution >= 0.6 is 0 Å². The summed E-state index contributed by atoms with van der Waals surface area (Å²) in [6, 6.07) is 3.45. The average molecular weight is 1680 g/mol. The van der Waals surface area contributed by atoms with Gasteiger partial charge in [0.1, 0.15) is 53.5 Å². The van der Waals surface area contributed by atoms with Gasteiger partial charge in [0.05, 0.1) is 128 Å². The topological polar surface area (TPSA) is 450 Å². The van der Waals surface area contributed by atoms with Crippen molar-refractivity contribution in [3.05, 3.63) is 84.0 Å². The van der Waals surface area contributed by atoms with Gasteiger partial charge in [-0.2, -0.15) is 10.1 Å². The van der Waals surface area contributed by atoms with Gasteiger partial charge in [-0.05, 0) is 138 Å². The van der Waals surface area contributed by atoms with Crippen molar-refractivity contribution < 1.29 is 101 Å². The highest BCUT2D eigenvalue weighted by Crippen LogP contribution is 2.39. The Hall–Kier alpha value is -8.20. The number of nitrogens with zero attached hydrogens (tertiary/aromatic N) is 10. The molecule has 1 aliphatic carbocycles. The summed E-state index contributed by atoms with van der Waals surface area (Å²) < 4.78 is 73.8. The van der Waals surface area contributed by atoms with E-state index in [0.29, 0.717) is 210 Å². The molecule has 10 rings (SSSR count). The van der Waals surface area contributed by atoms with E-state index < -0.39 is 95.4 Å². The zero-order chi connectivity index (χ0) is 85.8. The number of fused-ring (bicyclic) bond motifs is 5. The van der Waals surface area contributed by atoms with Crippen LogP contribution in [0, 0.1) is 35.5 Å². The molecule has 5 aliphatic rings. The number of nitrogen functional groups attached to an aromatic ring is 2. The Bertz CT molecular complexity index is 4260. The van der Waals surface area contributed by atoms with Crippen molar-refractivity contribution in [2.45, 2.75) is 218 Å². The minimum Gasteiger partial charge on any atom is -0.459 e. The summed E-state index contributed by atoms with van der Waals surface area (Å²) >= 11 is 0. The van der Waals surface area contributed by atoms with Crippen molar-refractivity contribution in [3.8, 4) is 11.3 Å². The first-order valence-electron chi connectivity index (χ1n) is 42.6. The second-order valence-electron chi connectivity index (χ2n) is 32.6. The highest BCUT2D eigenvalue weighted by Gasteiger charge is 2.53. The lowest BCUT2D eigenvalue weighted by Gasteiger charge is -2.42. The van der Waals surface area contributed by atoms with E-state index in [1.54, 1.807) is 45.7 Å². The van der Waals surface area contributed by atoms with Crippen LogP contribution in [-0.2, 0) is 100 Å². The minimum atomic E-state index is -2.49. The second-order valence-corrected chi connectivity index (χ2v) is 32.6. The van der Waals surface area contributed by atoms with Gasteiger partial charge in [-0.25, -0.2) is 24.1 Å². The van der Waals surface area contributed by atoms with Crippen LogP contribution < -0.4 is 17.2 Å². The van der Waals surface area contributed by atoms with Crippen molar-refractivity contribution in [3.63, 3.8) is 0 Å². The molecule has 4 aromatic heterocycles. The van der Waals surface area contributed by atoms with Gasteiger partial charge in [-0.3, -0.25) is 24.0 Å². The summed E-state index contributed by atoms with van der Waals surface area (Å²) in [5.41, 5.74) is 24.2. The average Bonchev–Trinajstić information content (AvgIpc) is 1.60. The summed E-state index contributed by atoms with van der Waals surface area (Å²) in [5.74, 6) is -8.36. The molecule has 0 spiro atoms. The highest BCUT2D eigenvalue weighted by atomic mass is 16.6. The quantitative estimate of drug-likeness (QED) is 0.0107. The fourth-order valence-electron chi connectivity index (χ4n) is 16.3. The second kappa shape index (κ2) is 46.9. The number of hydrogen-bond donors (Lipinski definition) is 6. The molecule has 2 amide bonds. The van der Waals surface area contributed by atoms with Gasteiger partial charge in [0.25, 0.3) is 17.7 Å². The number of Topliss-reactive ketones (excluding diaryl/α,β-unsaturated/α-hetero) is 3. The van der Waals surface area contributed by atoms with Gasteiger partial charge in [0, 0.05) is 101 Å². The van der Waals surface area contributed by atoms with Crippen molar-refractivity contribution in [2.24, 2.45) is 41.2 Å². The lowest BCUT2D eigenvalue weighted by atomic mass is 9.80. The van der Waals surface area contributed by atoms with Gasteiger partial charge in [0.2, 0.25) is 11.7 Å². The predicted octanol–water partition coefficient (Wildman–Crippen LogP) is 6.62. The molecular weight excluding hydrogens is 1550 g/mol. The summed E-state index contributed by atoms with van der Waals surface area (Å²) in [6.07, 6.45) is 15.2. The molecule has 9 N–H and O–H groups in total. The number of rotatable bonds is 35. The Morgan fingerprint density at radius 2 is 1.46 bits per heavy atom. The Balaban J connectivity index is 0.573. The molecule has 4 fully saturated rings. The number of methoxy groups -OCH3 is 2. The fourth-order valence-corrected chi connectivity index (χ4v) is 16.3. The number of amides is 2. The zero-order valence-corrected chi connectivity index (χ0v) is 70.9.